The molecule has 2 aromatic heterocycles. The third-order valence-corrected chi connectivity index (χ3v) is 10.0. The van der Waals surface area contributed by atoms with Crippen LogP contribution in [0.15, 0.2) is 200 Å². The van der Waals surface area contributed by atoms with E-state index in [-0.39, 0.29) is 0 Å². The normalized spacial score (nSPS) is 11.3. The molecule has 0 N–H and O–H groups in total. The standard InChI is InChI=1S/C50H33N5/c1-5-17-34(18-6-1)37-24-15-26-40(31-37)49-51-48(36-21-9-3-10-22-36)52-50(53-49)41-27-16-25-38(32-41)44-33-39-23-13-14-30-43(39)47-45(44)46(35-19-7-2-8-20-35)54-55(47)42-28-11-4-12-29-42/h1-33H. The summed E-state index contributed by atoms with van der Waals surface area (Å²) in [5, 5.41) is 8.72. The van der Waals surface area contributed by atoms with Crippen LogP contribution in [-0.2, 0) is 0 Å². The molecule has 8 aromatic carbocycles. The van der Waals surface area contributed by atoms with E-state index in [2.05, 4.69) is 156 Å². The fraction of sp³-hybridized carbons (Fsp3) is 0. The van der Waals surface area contributed by atoms with E-state index in [9.17, 15) is 0 Å². The lowest BCUT2D eigenvalue weighted by molar-refractivity contribution is 0.918. The van der Waals surface area contributed by atoms with Crippen molar-refractivity contribution in [3.05, 3.63) is 200 Å². The fourth-order valence-corrected chi connectivity index (χ4v) is 7.41. The van der Waals surface area contributed by atoms with Crippen LogP contribution >= 0.6 is 0 Å². The summed E-state index contributed by atoms with van der Waals surface area (Å²) in [5.74, 6) is 1.85. The van der Waals surface area contributed by atoms with Gasteiger partial charge in [0.05, 0.1) is 11.2 Å². The van der Waals surface area contributed by atoms with E-state index >= 15 is 0 Å². The van der Waals surface area contributed by atoms with Gasteiger partial charge in [0.1, 0.15) is 5.69 Å². The Bertz CT molecular complexity index is 2960. The topological polar surface area (TPSA) is 56.5 Å². The van der Waals surface area contributed by atoms with Crippen LogP contribution in [-0.4, -0.2) is 24.7 Å². The number of nitrogens with zero attached hydrogens (tertiary/aromatic N) is 5. The predicted molar refractivity (Wildman–Crippen MR) is 225 cm³/mol. The summed E-state index contributed by atoms with van der Waals surface area (Å²) in [6, 6.07) is 69.2. The van der Waals surface area contributed by atoms with Crippen LogP contribution in [0.1, 0.15) is 0 Å². The van der Waals surface area contributed by atoms with Gasteiger partial charge < -0.3 is 0 Å². The Morgan fingerprint density at radius 3 is 1.47 bits per heavy atom. The highest BCUT2D eigenvalue weighted by Crippen LogP contribution is 2.42. The smallest absolute Gasteiger partial charge is 0.164 e. The molecule has 55 heavy (non-hydrogen) atoms. The molecule has 0 fully saturated rings. The van der Waals surface area contributed by atoms with Gasteiger partial charge in [-0.05, 0) is 58.0 Å². The van der Waals surface area contributed by atoms with Crippen LogP contribution in [0, 0.1) is 0 Å². The average molecular weight is 704 g/mol. The van der Waals surface area contributed by atoms with E-state index in [1.54, 1.807) is 0 Å². The maximum absolute atomic E-state index is 5.35. The Labute approximate surface area is 318 Å². The van der Waals surface area contributed by atoms with Crippen molar-refractivity contribution in [1.29, 1.82) is 0 Å². The van der Waals surface area contributed by atoms with Crippen molar-refractivity contribution < 1.29 is 0 Å². The molecule has 0 saturated heterocycles. The lowest BCUT2D eigenvalue weighted by Crippen LogP contribution is -2.00. The molecule has 5 nitrogen and oxygen atoms in total. The molecule has 0 amide bonds. The number of para-hydroxylation sites is 1. The van der Waals surface area contributed by atoms with Crippen molar-refractivity contribution in [3.63, 3.8) is 0 Å². The van der Waals surface area contributed by atoms with Gasteiger partial charge >= 0.3 is 0 Å². The quantitative estimate of drug-likeness (QED) is 0.166. The van der Waals surface area contributed by atoms with Gasteiger partial charge in [0.15, 0.2) is 17.5 Å². The first-order valence-electron chi connectivity index (χ1n) is 18.4. The summed E-state index contributed by atoms with van der Waals surface area (Å²) < 4.78 is 2.10. The Kier molecular flexibility index (Phi) is 8.08. The van der Waals surface area contributed by atoms with E-state index in [0.717, 1.165) is 77.6 Å². The summed E-state index contributed by atoms with van der Waals surface area (Å²) in [5.41, 5.74) is 11.2. The van der Waals surface area contributed by atoms with Crippen molar-refractivity contribution in [2.75, 3.05) is 0 Å². The van der Waals surface area contributed by atoms with Gasteiger partial charge in [0.2, 0.25) is 0 Å². The monoisotopic (exact) mass is 703 g/mol. The fourth-order valence-electron chi connectivity index (χ4n) is 7.41. The zero-order valence-electron chi connectivity index (χ0n) is 29.8. The molecular weight excluding hydrogens is 671 g/mol. The maximum Gasteiger partial charge on any atom is 0.164 e. The first-order valence-corrected chi connectivity index (χ1v) is 18.4. The molecule has 0 aliphatic rings. The zero-order chi connectivity index (χ0) is 36.6. The van der Waals surface area contributed by atoms with E-state index in [1.807, 2.05) is 48.5 Å². The molecule has 10 rings (SSSR count). The van der Waals surface area contributed by atoms with E-state index in [1.165, 1.54) is 0 Å². The van der Waals surface area contributed by atoms with Crippen molar-refractivity contribution in [1.82, 2.24) is 24.7 Å². The van der Waals surface area contributed by atoms with Gasteiger partial charge in [-0.15, -0.1) is 0 Å². The van der Waals surface area contributed by atoms with Gasteiger partial charge in [-0.25, -0.2) is 19.6 Å². The number of aromatic nitrogens is 5. The molecular formula is C50H33N5. The summed E-state index contributed by atoms with van der Waals surface area (Å²) in [6.45, 7) is 0. The van der Waals surface area contributed by atoms with E-state index < -0.39 is 0 Å². The molecule has 0 unspecified atom stereocenters. The third kappa shape index (κ3) is 6.04. The van der Waals surface area contributed by atoms with Gasteiger partial charge in [0.25, 0.3) is 0 Å². The Balaban J connectivity index is 1.19. The molecule has 258 valence electrons. The van der Waals surface area contributed by atoms with Gasteiger partial charge in [-0.3, -0.25) is 0 Å². The SMILES string of the molecule is c1ccc(-c2cccc(-c3nc(-c4ccccc4)nc(-c4cccc(-c5cc6ccccc6c6c5c(-c5ccccc5)nn6-c5ccccc5)c4)n3)c2)cc1. The number of hydrogen-bond acceptors (Lipinski definition) is 4. The molecule has 0 bridgehead atoms. The minimum atomic E-state index is 0.608. The minimum Gasteiger partial charge on any atom is -0.232 e. The van der Waals surface area contributed by atoms with Crippen LogP contribution in [0.25, 0.3) is 95.0 Å². The molecule has 0 radical (unpaired) electrons. The summed E-state index contributed by atoms with van der Waals surface area (Å²) in [4.78, 5) is 15.3. The maximum atomic E-state index is 5.35. The molecule has 0 saturated carbocycles. The Morgan fingerprint density at radius 2 is 0.818 bits per heavy atom. The first-order chi connectivity index (χ1) is 27.3. The van der Waals surface area contributed by atoms with Crippen LogP contribution < -0.4 is 0 Å². The largest absolute Gasteiger partial charge is 0.232 e. The first kappa shape index (κ1) is 32.2. The Morgan fingerprint density at radius 1 is 0.345 bits per heavy atom. The average Bonchev–Trinajstić information content (AvgIpc) is 3.69. The van der Waals surface area contributed by atoms with Gasteiger partial charge in [-0.1, -0.05) is 170 Å². The number of hydrogen-bond donors (Lipinski definition) is 0. The lowest BCUT2D eigenvalue weighted by atomic mass is 9.93. The highest BCUT2D eigenvalue weighted by molar-refractivity contribution is 6.17. The second kappa shape index (κ2) is 13.8. The van der Waals surface area contributed by atoms with Crippen molar-refractivity contribution >= 4 is 21.7 Å². The molecule has 0 spiro atoms. The Hall–Kier alpha value is -7.50. The summed E-state index contributed by atoms with van der Waals surface area (Å²) >= 11 is 0. The second-order valence-electron chi connectivity index (χ2n) is 13.5. The lowest BCUT2D eigenvalue weighted by Gasteiger charge is -2.13. The van der Waals surface area contributed by atoms with Crippen LogP contribution in [0.3, 0.4) is 0 Å². The van der Waals surface area contributed by atoms with Crippen LogP contribution in [0.4, 0.5) is 0 Å². The third-order valence-electron chi connectivity index (χ3n) is 10.0. The highest BCUT2D eigenvalue weighted by atomic mass is 15.3. The zero-order valence-corrected chi connectivity index (χ0v) is 29.8. The van der Waals surface area contributed by atoms with Crippen molar-refractivity contribution in [2.45, 2.75) is 0 Å². The van der Waals surface area contributed by atoms with Gasteiger partial charge in [0, 0.05) is 33.0 Å². The minimum absolute atomic E-state index is 0.608. The molecule has 5 heteroatoms. The number of rotatable bonds is 7. The van der Waals surface area contributed by atoms with Gasteiger partial charge in [-0.2, -0.15) is 5.10 Å². The molecule has 0 aliphatic carbocycles. The second-order valence-corrected chi connectivity index (χ2v) is 13.5. The van der Waals surface area contributed by atoms with E-state index in [4.69, 9.17) is 20.1 Å². The van der Waals surface area contributed by atoms with Crippen LogP contribution in [0.2, 0.25) is 0 Å². The highest BCUT2D eigenvalue weighted by Gasteiger charge is 2.22. The van der Waals surface area contributed by atoms with E-state index in [0.29, 0.717) is 17.5 Å². The van der Waals surface area contributed by atoms with Crippen LogP contribution in [0.5, 0.6) is 0 Å². The molecule has 10 aromatic rings. The number of benzene rings is 8. The predicted octanol–water partition coefficient (Wildman–Crippen LogP) is 12.4. The summed E-state index contributed by atoms with van der Waals surface area (Å²) in [6.07, 6.45) is 0. The van der Waals surface area contributed by atoms with Crippen molar-refractivity contribution in [2.24, 2.45) is 0 Å². The molecule has 0 aliphatic heterocycles. The van der Waals surface area contributed by atoms with Crippen molar-refractivity contribution in [3.8, 4) is 73.4 Å². The molecule has 2 heterocycles. The summed E-state index contributed by atoms with van der Waals surface area (Å²) in [7, 11) is 0. The number of fused-ring (bicyclic) bond motifs is 3. The molecule has 0 atom stereocenters.